The summed E-state index contributed by atoms with van der Waals surface area (Å²) in [6.07, 6.45) is 3.84. The lowest BCUT2D eigenvalue weighted by Gasteiger charge is -2.35. The molecule has 6 nitrogen and oxygen atoms in total. The predicted octanol–water partition coefficient (Wildman–Crippen LogP) is 5.23. The van der Waals surface area contributed by atoms with Gasteiger partial charge in [-0.25, -0.2) is 4.79 Å². The molecule has 0 radical (unpaired) electrons. The van der Waals surface area contributed by atoms with Gasteiger partial charge in [0.15, 0.2) is 5.69 Å². The van der Waals surface area contributed by atoms with Gasteiger partial charge in [0.1, 0.15) is 6.10 Å². The number of amides is 1. The van der Waals surface area contributed by atoms with E-state index >= 15 is 0 Å². The highest BCUT2D eigenvalue weighted by Crippen LogP contribution is 2.35. The first-order valence-electron chi connectivity index (χ1n) is 9.67. The molecule has 1 aliphatic rings. The van der Waals surface area contributed by atoms with Crippen molar-refractivity contribution >= 4 is 29.3 Å². The lowest BCUT2D eigenvalue weighted by molar-refractivity contribution is 0.0170. The molecule has 1 N–H and O–H groups in total. The Hall–Kier alpha value is -2.34. The van der Waals surface area contributed by atoms with Gasteiger partial charge < -0.3 is 10.1 Å². The van der Waals surface area contributed by atoms with Crippen LogP contribution in [0.25, 0.3) is 0 Å². The SMILES string of the molecule is CC(C)C1CC[C@@H](C)[C@@H](OC(=O)n2ccc(C(=O)Nc3ccccc3Cl)n2)C1. The molecule has 28 heavy (non-hydrogen) atoms. The van der Waals surface area contributed by atoms with Crippen LogP contribution in [0.1, 0.15) is 50.5 Å². The van der Waals surface area contributed by atoms with Crippen LogP contribution >= 0.6 is 11.6 Å². The largest absolute Gasteiger partial charge is 0.444 e. The summed E-state index contributed by atoms with van der Waals surface area (Å²) in [6.45, 7) is 6.52. The number of carbonyl (C=O) groups is 2. The lowest BCUT2D eigenvalue weighted by Crippen LogP contribution is -2.35. The van der Waals surface area contributed by atoms with Gasteiger partial charge in [-0.05, 0) is 55.2 Å². The van der Waals surface area contributed by atoms with Crippen molar-refractivity contribution in [3.63, 3.8) is 0 Å². The smallest absolute Gasteiger partial charge is 0.434 e. The Morgan fingerprint density at radius 1 is 1.25 bits per heavy atom. The van der Waals surface area contributed by atoms with Crippen LogP contribution in [0.2, 0.25) is 5.02 Å². The molecule has 1 aromatic carbocycles. The van der Waals surface area contributed by atoms with Crippen LogP contribution in [0.4, 0.5) is 10.5 Å². The first-order valence-corrected chi connectivity index (χ1v) is 10.1. The number of rotatable bonds is 4. The van der Waals surface area contributed by atoms with Crippen molar-refractivity contribution in [3.8, 4) is 0 Å². The summed E-state index contributed by atoms with van der Waals surface area (Å²) in [4.78, 5) is 24.9. The van der Waals surface area contributed by atoms with Crippen molar-refractivity contribution in [2.75, 3.05) is 5.32 Å². The summed E-state index contributed by atoms with van der Waals surface area (Å²) in [5.41, 5.74) is 0.607. The van der Waals surface area contributed by atoms with E-state index in [9.17, 15) is 9.59 Å². The van der Waals surface area contributed by atoms with Crippen molar-refractivity contribution in [2.45, 2.75) is 46.1 Å². The van der Waals surface area contributed by atoms with Gasteiger partial charge in [-0.3, -0.25) is 4.79 Å². The average Bonchev–Trinajstić information content (AvgIpc) is 3.15. The molecular weight excluding hydrogens is 378 g/mol. The first-order chi connectivity index (χ1) is 13.3. The molecule has 0 spiro atoms. The van der Waals surface area contributed by atoms with E-state index in [-0.39, 0.29) is 11.8 Å². The Labute approximate surface area is 170 Å². The number of para-hydroxylation sites is 1. The zero-order valence-corrected chi connectivity index (χ0v) is 17.1. The number of benzene rings is 1. The molecule has 0 bridgehead atoms. The minimum Gasteiger partial charge on any atom is -0.444 e. The minimum atomic E-state index is -0.557. The molecule has 0 saturated heterocycles. The lowest BCUT2D eigenvalue weighted by atomic mass is 9.76. The molecule has 2 aromatic rings. The topological polar surface area (TPSA) is 73.2 Å². The molecule has 1 unspecified atom stereocenters. The molecule has 3 atom stereocenters. The van der Waals surface area contributed by atoms with Gasteiger partial charge >= 0.3 is 6.09 Å². The van der Waals surface area contributed by atoms with Crippen LogP contribution in [0, 0.1) is 17.8 Å². The maximum Gasteiger partial charge on any atom is 0.434 e. The van der Waals surface area contributed by atoms with E-state index in [1.54, 1.807) is 24.3 Å². The van der Waals surface area contributed by atoms with Gasteiger partial charge in [0.25, 0.3) is 5.91 Å². The van der Waals surface area contributed by atoms with E-state index < -0.39 is 12.0 Å². The third-order valence-electron chi connectivity index (χ3n) is 5.49. The Morgan fingerprint density at radius 2 is 2.00 bits per heavy atom. The summed E-state index contributed by atoms with van der Waals surface area (Å²) in [6, 6.07) is 8.41. The zero-order valence-electron chi connectivity index (χ0n) is 16.4. The van der Waals surface area contributed by atoms with E-state index in [4.69, 9.17) is 16.3 Å². The van der Waals surface area contributed by atoms with E-state index in [1.165, 1.54) is 18.7 Å². The third kappa shape index (κ3) is 4.73. The van der Waals surface area contributed by atoms with Crippen LogP contribution in [0.3, 0.4) is 0 Å². The number of nitrogens with zero attached hydrogens (tertiary/aromatic N) is 2. The van der Waals surface area contributed by atoms with E-state index in [0.717, 1.165) is 17.5 Å². The second-order valence-electron chi connectivity index (χ2n) is 7.80. The fourth-order valence-electron chi connectivity index (χ4n) is 3.56. The maximum absolute atomic E-state index is 12.5. The Kier molecular flexibility index (Phi) is 6.39. The zero-order chi connectivity index (χ0) is 20.3. The number of carbonyl (C=O) groups excluding carboxylic acids is 2. The van der Waals surface area contributed by atoms with Crippen LogP contribution in [0.5, 0.6) is 0 Å². The van der Waals surface area contributed by atoms with E-state index in [2.05, 4.69) is 31.2 Å². The van der Waals surface area contributed by atoms with Gasteiger partial charge in [-0.15, -0.1) is 0 Å². The highest BCUT2D eigenvalue weighted by atomic mass is 35.5. The van der Waals surface area contributed by atoms with Crippen molar-refractivity contribution in [1.82, 2.24) is 9.78 Å². The Balaban J connectivity index is 1.63. The maximum atomic E-state index is 12.5. The predicted molar refractivity (Wildman–Crippen MR) is 109 cm³/mol. The second kappa shape index (κ2) is 8.78. The molecule has 1 saturated carbocycles. The molecule has 1 fully saturated rings. The monoisotopic (exact) mass is 403 g/mol. The molecular formula is C21H26ClN3O3. The third-order valence-corrected chi connectivity index (χ3v) is 5.82. The summed E-state index contributed by atoms with van der Waals surface area (Å²) in [5.74, 6) is 1.00. The van der Waals surface area contributed by atoms with Crippen molar-refractivity contribution in [1.29, 1.82) is 0 Å². The highest BCUT2D eigenvalue weighted by molar-refractivity contribution is 6.33. The van der Waals surface area contributed by atoms with Gasteiger partial charge in [0.05, 0.1) is 10.7 Å². The molecule has 150 valence electrons. The second-order valence-corrected chi connectivity index (χ2v) is 8.20. The van der Waals surface area contributed by atoms with Gasteiger partial charge in [-0.2, -0.15) is 9.78 Å². The number of aromatic nitrogens is 2. The summed E-state index contributed by atoms with van der Waals surface area (Å²) < 4.78 is 6.79. The van der Waals surface area contributed by atoms with Gasteiger partial charge in [0, 0.05) is 6.20 Å². The van der Waals surface area contributed by atoms with E-state index in [0.29, 0.717) is 28.5 Å². The summed E-state index contributed by atoms with van der Waals surface area (Å²) in [7, 11) is 0. The fraction of sp³-hybridized carbons (Fsp3) is 0.476. The highest BCUT2D eigenvalue weighted by Gasteiger charge is 2.32. The average molecular weight is 404 g/mol. The molecule has 3 rings (SSSR count). The molecule has 7 heteroatoms. The number of hydrogen-bond donors (Lipinski definition) is 1. The molecule has 1 amide bonds. The molecule has 1 aliphatic carbocycles. The van der Waals surface area contributed by atoms with Crippen molar-refractivity contribution in [2.24, 2.45) is 17.8 Å². The summed E-state index contributed by atoms with van der Waals surface area (Å²) >= 11 is 6.05. The molecule has 1 aromatic heterocycles. The van der Waals surface area contributed by atoms with Crippen LogP contribution in [0.15, 0.2) is 36.5 Å². The van der Waals surface area contributed by atoms with Crippen LogP contribution in [-0.2, 0) is 4.74 Å². The Morgan fingerprint density at radius 3 is 2.71 bits per heavy atom. The van der Waals surface area contributed by atoms with E-state index in [1.807, 2.05) is 0 Å². The van der Waals surface area contributed by atoms with Crippen molar-refractivity contribution < 1.29 is 14.3 Å². The quantitative estimate of drug-likeness (QED) is 0.758. The first kappa shape index (κ1) is 20.4. The number of hydrogen-bond acceptors (Lipinski definition) is 4. The number of halogens is 1. The fourth-order valence-corrected chi connectivity index (χ4v) is 3.74. The molecule has 1 heterocycles. The van der Waals surface area contributed by atoms with Gasteiger partial charge in [-0.1, -0.05) is 44.5 Å². The standard InChI is InChI=1S/C21H26ClN3O3/c1-13(2)15-9-8-14(3)19(12-15)28-21(27)25-11-10-18(24-25)20(26)23-17-7-5-4-6-16(17)22/h4-7,10-11,13-15,19H,8-9,12H2,1-3H3,(H,23,26)/t14-,15?,19+/m1/s1. The summed E-state index contributed by atoms with van der Waals surface area (Å²) in [5, 5.41) is 7.19. The number of anilines is 1. The van der Waals surface area contributed by atoms with Crippen molar-refractivity contribution in [3.05, 3.63) is 47.2 Å². The van der Waals surface area contributed by atoms with Gasteiger partial charge in [0.2, 0.25) is 0 Å². The van der Waals surface area contributed by atoms with Crippen LogP contribution in [-0.4, -0.2) is 27.9 Å². The normalized spacial score (nSPS) is 22.1. The Bertz CT molecular complexity index is 849. The minimum absolute atomic E-state index is 0.119. The number of nitrogens with one attached hydrogen (secondary N) is 1. The van der Waals surface area contributed by atoms with Crippen LogP contribution < -0.4 is 5.32 Å². The molecule has 0 aliphatic heterocycles. The number of ether oxygens (including phenoxy) is 1.